The summed E-state index contributed by atoms with van der Waals surface area (Å²) in [6.45, 7) is 0.136. The van der Waals surface area contributed by atoms with Crippen molar-refractivity contribution in [2.45, 2.75) is 49.8 Å². The summed E-state index contributed by atoms with van der Waals surface area (Å²) in [7, 11) is 1.40. The normalized spacial score (nSPS) is 22.9. The second kappa shape index (κ2) is 10.5. The molecule has 0 bridgehead atoms. The van der Waals surface area contributed by atoms with Crippen LogP contribution in [0, 0.1) is 11.8 Å². The van der Waals surface area contributed by atoms with Crippen LogP contribution >= 0.6 is 11.6 Å². The van der Waals surface area contributed by atoms with Crippen LogP contribution in [-0.4, -0.2) is 89.4 Å². The Balaban J connectivity index is 1.40. The number of nitrogen functional groups attached to an aromatic ring is 1. The summed E-state index contributed by atoms with van der Waals surface area (Å²) in [6.07, 6.45) is 0.266. The molecule has 1 saturated heterocycles. The minimum absolute atomic E-state index is 0.0492. The van der Waals surface area contributed by atoms with Gasteiger partial charge in [-0.3, -0.25) is 14.2 Å². The number of carbonyl (C=O) groups excluding carboxylic acids is 2. The largest absolute Gasteiger partial charge is 0.387 e. The Morgan fingerprint density at radius 2 is 2.05 bits per heavy atom. The fourth-order valence-electron chi connectivity index (χ4n) is 4.37. The first kappa shape index (κ1) is 25.8. The van der Waals surface area contributed by atoms with Crippen molar-refractivity contribution >= 4 is 40.4 Å². The van der Waals surface area contributed by atoms with Gasteiger partial charge in [0.25, 0.3) is 11.8 Å². The molecule has 1 aliphatic heterocycles. The van der Waals surface area contributed by atoms with Gasteiger partial charge in [-0.15, -0.1) is 0 Å². The lowest BCUT2D eigenvalue weighted by atomic mass is 9.91. The molecule has 4 atom stereocenters. The zero-order valence-electron chi connectivity index (χ0n) is 20.3. The van der Waals surface area contributed by atoms with Gasteiger partial charge in [0.15, 0.2) is 23.8 Å². The zero-order valence-corrected chi connectivity index (χ0v) is 21.0. The third kappa shape index (κ3) is 4.74. The Bertz CT molecular complexity index is 1430. The van der Waals surface area contributed by atoms with E-state index in [2.05, 4.69) is 37.1 Å². The molecule has 0 radical (unpaired) electrons. The number of aliphatic hydroxyl groups excluding tert-OH is 2. The van der Waals surface area contributed by atoms with Gasteiger partial charge in [-0.1, -0.05) is 17.5 Å². The molecule has 2 amide bonds. The number of carbonyl (C=O) groups is 2. The van der Waals surface area contributed by atoms with E-state index >= 15 is 0 Å². The van der Waals surface area contributed by atoms with E-state index in [0.717, 1.165) is 19.3 Å². The molecule has 5 N–H and O–H groups in total. The molecule has 5 rings (SSSR count). The summed E-state index contributed by atoms with van der Waals surface area (Å²) < 4.78 is 6.99. The fraction of sp³-hybridized carbons (Fsp3) is 0.417. The highest BCUT2D eigenvalue weighted by Crippen LogP contribution is 2.32. The summed E-state index contributed by atoms with van der Waals surface area (Å²) in [4.78, 5) is 43.6. The van der Waals surface area contributed by atoms with E-state index in [4.69, 9.17) is 22.1 Å². The number of fused-ring (bicyclic) bond motifs is 1. The number of imidazole rings is 1. The predicted octanol–water partition coefficient (Wildman–Crippen LogP) is -0.131. The number of amides is 2. The maximum atomic E-state index is 13.1. The molecule has 14 heteroatoms. The third-order valence-corrected chi connectivity index (χ3v) is 6.89. The van der Waals surface area contributed by atoms with Gasteiger partial charge >= 0.3 is 0 Å². The highest BCUT2D eigenvalue weighted by Gasteiger charge is 2.47. The molecular formula is C24H25ClN8O5. The molecule has 0 aromatic carbocycles. The van der Waals surface area contributed by atoms with Crippen molar-refractivity contribution in [3.05, 3.63) is 41.2 Å². The van der Waals surface area contributed by atoms with Crippen molar-refractivity contribution in [3.63, 3.8) is 0 Å². The minimum Gasteiger partial charge on any atom is -0.387 e. The molecular weight excluding hydrogens is 516 g/mol. The smallest absolute Gasteiger partial charge is 0.256 e. The average Bonchev–Trinajstić information content (AvgIpc) is 3.43. The van der Waals surface area contributed by atoms with Crippen LogP contribution in [0.3, 0.4) is 0 Å². The Morgan fingerprint density at radius 1 is 1.26 bits per heavy atom. The molecule has 1 aliphatic carbocycles. The van der Waals surface area contributed by atoms with Crippen molar-refractivity contribution < 1.29 is 24.5 Å². The lowest BCUT2D eigenvalue weighted by Crippen LogP contribution is -2.44. The van der Waals surface area contributed by atoms with E-state index in [-0.39, 0.29) is 41.3 Å². The number of nitrogens with two attached hydrogens (primary N) is 1. The van der Waals surface area contributed by atoms with Crippen LogP contribution in [0.25, 0.3) is 11.2 Å². The lowest BCUT2D eigenvalue weighted by molar-refractivity contribution is -0.137. The Labute approximate surface area is 222 Å². The Hall–Kier alpha value is -3.83. The topological polar surface area (TPSA) is 182 Å². The summed E-state index contributed by atoms with van der Waals surface area (Å²) in [5, 5.41) is 23.5. The number of aromatic nitrogens is 5. The third-order valence-electron chi connectivity index (χ3n) is 6.67. The number of nitrogens with zero attached hydrogens (tertiary/aromatic N) is 6. The van der Waals surface area contributed by atoms with E-state index in [1.54, 1.807) is 17.0 Å². The zero-order chi connectivity index (χ0) is 27.0. The Morgan fingerprint density at radius 3 is 2.71 bits per heavy atom. The second-order valence-electron chi connectivity index (χ2n) is 8.99. The van der Waals surface area contributed by atoms with Gasteiger partial charge < -0.3 is 30.9 Å². The highest BCUT2D eigenvalue weighted by atomic mass is 35.5. The van der Waals surface area contributed by atoms with E-state index in [0.29, 0.717) is 10.7 Å². The van der Waals surface area contributed by atoms with E-state index in [1.807, 2.05) is 0 Å². The first-order valence-corrected chi connectivity index (χ1v) is 12.3. The molecule has 2 fully saturated rings. The number of anilines is 1. The van der Waals surface area contributed by atoms with Gasteiger partial charge in [0.1, 0.15) is 22.9 Å². The molecule has 1 unspecified atom stereocenters. The molecule has 0 spiro atoms. The van der Waals surface area contributed by atoms with E-state index in [9.17, 15) is 19.8 Å². The van der Waals surface area contributed by atoms with Gasteiger partial charge in [0.05, 0.1) is 18.4 Å². The molecule has 2 aliphatic rings. The summed E-state index contributed by atoms with van der Waals surface area (Å²) in [5.41, 5.74) is 6.94. The number of rotatable bonds is 5. The molecule has 3 aromatic heterocycles. The molecule has 4 heterocycles. The molecule has 3 aromatic rings. The second-order valence-corrected chi connectivity index (χ2v) is 9.38. The number of aliphatic hydroxyl groups is 2. The number of pyridine rings is 1. The first-order valence-electron chi connectivity index (χ1n) is 11.9. The van der Waals surface area contributed by atoms with Crippen LogP contribution in [0.15, 0.2) is 24.7 Å². The first-order chi connectivity index (χ1) is 18.3. The summed E-state index contributed by atoms with van der Waals surface area (Å²) in [6, 6.07) is 3.26. The number of ether oxygens (including phenoxy) is 1. The standard InChI is InChI=1S/C24H25ClN8O5/c1-27-22(36)19-17(34)18(35)24(38-19)33-11-29-16-20(26)30-15(31-21(16)33)6-3-9-32(13-4-2-5-13)23(37)12-7-8-14(25)28-10-12/h7-8,10-11,13,17-19,24,34-35H,2,4-5,9H2,1H3,(H,27,36)(H2,26,30,31)/t17?,18-,19+,24-/m1/s1. The van der Waals surface area contributed by atoms with Gasteiger partial charge in [0, 0.05) is 19.3 Å². The van der Waals surface area contributed by atoms with E-state index in [1.165, 1.54) is 24.1 Å². The molecule has 198 valence electrons. The SMILES string of the molecule is CNC(=O)[C@H]1O[C@@H](n2cnc3c(N)nc(C#CCN(C(=O)c4ccc(Cl)nc4)C4CCC4)nc32)[C@H](O)C1O. The van der Waals surface area contributed by atoms with Crippen LogP contribution in [-0.2, 0) is 9.53 Å². The average molecular weight is 541 g/mol. The van der Waals surface area contributed by atoms with Crippen LogP contribution in [0.5, 0.6) is 0 Å². The monoisotopic (exact) mass is 540 g/mol. The fourth-order valence-corrected chi connectivity index (χ4v) is 4.48. The maximum Gasteiger partial charge on any atom is 0.256 e. The van der Waals surface area contributed by atoms with Crippen molar-refractivity contribution in [3.8, 4) is 11.8 Å². The van der Waals surface area contributed by atoms with Crippen LogP contribution in [0.4, 0.5) is 5.82 Å². The predicted molar refractivity (Wildman–Crippen MR) is 135 cm³/mol. The minimum atomic E-state index is -1.46. The number of hydrogen-bond acceptors (Lipinski definition) is 10. The summed E-state index contributed by atoms with van der Waals surface area (Å²) in [5.74, 6) is 5.15. The summed E-state index contributed by atoms with van der Waals surface area (Å²) >= 11 is 5.85. The van der Waals surface area contributed by atoms with Gasteiger partial charge in [-0.05, 0) is 37.3 Å². The lowest BCUT2D eigenvalue weighted by Gasteiger charge is -2.36. The number of halogens is 1. The van der Waals surface area contributed by atoms with Crippen molar-refractivity contribution in [1.82, 2.24) is 34.7 Å². The van der Waals surface area contributed by atoms with E-state index < -0.39 is 30.4 Å². The number of nitrogens with one attached hydrogen (secondary N) is 1. The van der Waals surface area contributed by atoms with Gasteiger partial charge in [-0.25, -0.2) is 19.9 Å². The molecule has 1 saturated carbocycles. The number of likely N-dealkylation sites (N-methyl/N-ethyl adjacent to an activating group) is 1. The van der Waals surface area contributed by atoms with Crippen LogP contribution < -0.4 is 11.1 Å². The van der Waals surface area contributed by atoms with Gasteiger partial charge in [0.2, 0.25) is 5.82 Å². The number of hydrogen-bond donors (Lipinski definition) is 4. The highest BCUT2D eigenvalue weighted by molar-refractivity contribution is 6.29. The van der Waals surface area contributed by atoms with Crippen molar-refractivity contribution in [2.24, 2.45) is 0 Å². The Kier molecular flexibility index (Phi) is 7.13. The quantitative estimate of drug-likeness (QED) is 0.251. The molecule has 38 heavy (non-hydrogen) atoms. The van der Waals surface area contributed by atoms with Crippen LogP contribution in [0.2, 0.25) is 5.15 Å². The van der Waals surface area contributed by atoms with Crippen LogP contribution in [0.1, 0.15) is 41.7 Å². The maximum absolute atomic E-state index is 13.1. The van der Waals surface area contributed by atoms with Crippen molar-refractivity contribution in [2.75, 3.05) is 19.3 Å². The van der Waals surface area contributed by atoms with Crippen molar-refractivity contribution in [1.29, 1.82) is 0 Å². The molecule has 13 nitrogen and oxygen atoms in total. The van der Waals surface area contributed by atoms with Gasteiger partial charge in [-0.2, -0.15) is 0 Å².